The summed E-state index contributed by atoms with van der Waals surface area (Å²) in [7, 11) is 0. The molecule has 3 aliphatic rings. The molecule has 4 aromatic rings. The third-order valence-corrected chi connectivity index (χ3v) is 8.43. The van der Waals surface area contributed by atoms with Crippen LogP contribution in [0.5, 0.6) is 0 Å². The predicted molar refractivity (Wildman–Crippen MR) is 182 cm³/mol. The topological polar surface area (TPSA) is 88.1 Å². The second-order valence-electron chi connectivity index (χ2n) is 11.3. The highest BCUT2D eigenvalue weighted by Gasteiger charge is 2.34. The SMILES string of the molecule is CCN1C(c2ccccc2)=C(c2ccccc2)O/C1=C/C1=C([O-])C(/C=C2/OC(c3ccccc3)=C(c3ccccc3)N2CC)=C([O-])C1=O. The lowest BCUT2D eigenvalue weighted by atomic mass is 10.1. The van der Waals surface area contributed by atoms with Crippen LogP contribution in [0.1, 0.15) is 36.1 Å². The third kappa shape index (κ3) is 5.35. The lowest BCUT2D eigenvalue weighted by molar-refractivity contribution is -0.308. The van der Waals surface area contributed by atoms with E-state index < -0.39 is 17.3 Å². The van der Waals surface area contributed by atoms with Crippen LogP contribution in [0.3, 0.4) is 0 Å². The van der Waals surface area contributed by atoms with Crippen molar-refractivity contribution in [3.05, 3.63) is 190 Å². The maximum absolute atomic E-state index is 13.9. The molecule has 0 radical (unpaired) electrons. The van der Waals surface area contributed by atoms with Crippen LogP contribution in [0.4, 0.5) is 0 Å². The van der Waals surface area contributed by atoms with E-state index >= 15 is 0 Å². The number of benzene rings is 4. The van der Waals surface area contributed by atoms with Crippen molar-refractivity contribution in [2.75, 3.05) is 13.1 Å². The van der Waals surface area contributed by atoms with Crippen LogP contribution in [0, 0.1) is 0 Å². The molecule has 7 heteroatoms. The van der Waals surface area contributed by atoms with Crippen molar-refractivity contribution in [3.63, 3.8) is 0 Å². The Labute approximate surface area is 279 Å². The fraction of sp³-hybridized carbons (Fsp3) is 0.0976. The van der Waals surface area contributed by atoms with Crippen LogP contribution in [0.2, 0.25) is 0 Å². The highest BCUT2D eigenvalue weighted by molar-refractivity contribution is 6.13. The summed E-state index contributed by atoms with van der Waals surface area (Å²) < 4.78 is 12.8. The van der Waals surface area contributed by atoms with Gasteiger partial charge < -0.3 is 29.5 Å². The zero-order chi connectivity index (χ0) is 33.2. The van der Waals surface area contributed by atoms with Crippen molar-refractivity contribution < 1.29 is 24.5 Å². The number of allylic oxidation sites excluding steroid dienone is 3. The quantitative estimate of drug-likeness (QED) is 0.227. The summed E-state index contributed by atoms with van der Waals surface area (Å²) >= 11 is 0. The van der Waals surface area contributed by atoms with E-state index in [9.17, 15) is 15.0 Å². The van der Waals surface area contributed by atoms with Gasteiger partial charge in [0.1, 0.15) is 0 Å². The van der Waals surface area contributed by atoms with Gasteiger partial charge in [0.25, 0.3) is 0 Å². The fourth-order valence-corrected chi connectivity index (χ4v) is 6.17. The van der Waals surface area contributed by atoms with Crippen molar-refractivity contribution in [2.45, 2.75) is 13.8 Å². The van der Waals surface area contributed by atoms with Crippen molar-refractivity contribution >= 4 is 28.7 Å². The van der Waals surface area contributed by atoms with Gasteiger partial charge in [-0.05, 0) is 19.4 Å². The molecule has 0 unspecified atom stereocenters. The van der Waals surface area contributed by atoms with Crippen molar-refractivity contribution in [1.82, 2.24) is 9.80 Å². The first kappa shape index (κ1) is 30.4. The van der Waals surface area contributed by atoms with Crippen LogP contribution in [0.25, 0.3) is 22.9 Å². The van der Waals surface area contributed by atoms with Gasteiger partial charge in [-0.3, -0.25) is 4.79 Å². The lowest BCUT2D eigenvalue weighted by Crippen LogP contribution is -2.19. The summed E-state index contributed by atoms with van der Waals surface area (Å²) in [6.45, 7) is 4.91. The molecule has 0 bridgehead atoms. The first-order chi connectivity index (χ1) is 23.5. The molecule has 7 nitrogen and oxygen atoms in total. The third-order valence-electron chi connectivity index (χ3n) is 8.43. The van der Waals surface area contributed by atoms with E-state index in [0.717, 1.165) is 33.6 Å². The number of carbonyl (C=O) groups excluding carboxylic acids is 1. The van der Waals surface area contributed by atoms with E-state index in [0.29, 0.717) is 36.4 Å². The van der Waals surface area contributed by atoms with E-state index in [1.165, 1.54) is 12.2 Å². The molecule has 0 saturated carbocycles. The average Bonchev–Trinajstić information content (AvgIpc) is 3.76. The van der Waals surface area contributed by atoms with Gasteiger partial charge in [0.15, 0.2) is 17.3 Å². The van der Waals surface area contributed by atoms with E-state index in [-0.39, 0.29) is 11.1 Å². The zero-order valence-corrected chi connectivity index (χ0v) is 26.6. The molecule has 4 aromatic carbocycles. The second kappa shape index (κ2) is 12.9. The summed E-state index contributed by atoms with van der Waals surface area (Å²) in [6, 6.07) is 38.9. The lowest BCUT2D eigenvalue weighted by Gasteiger charge is -2.21. The van der Waals surface area contributed by atoms with E-state index in [1.54, 1.807) is 0 Å². The molecular weight excluding hydrogens is 600 g/mol. The maximum Gasteiger partial charge on any atom is 0.201 e. The minimum atomic E-state index is -0.881. The molecule has 1 aliphatic carbocycles. The van der Waals surface area contributed by atoms with Crippen LogP contribution >= 0.6 is 0 Å². The monoisotopic (exact) mass is 632 g/mol. The minimum absolute atomic E-state index is 0.248. The van der Waals surface area contributed by atoms with E-state index in [2.05, 4.69) is 0 Å². The van der Waals surface area contributed by atoms with Gasteiger partial charge in [0.2, 0.25) is 11.8 Å². The van der Waals surface area contributed by atoms with Crippen LogP contribution in [0.15, 0.2) is 168 Å². The van der Waals surface area contributed by atoms with E-state index in [1.807, 2.05) is 145 Å². The largest absolute Gasteiger partial charge is 0.872 e. The number of nitrogens with zero attached hydrogens (tertiary/aromatic N) is 2. The Balaban J connectivity index is 1.28. The Hall–Kier alpha value is -6.21. The number of hydrogen-bond acceptors (Lipinski definition) is 7. The van der Waals surface area contributed by atoms with Gasteiger partial charge in [-0.25, -0.2) is 0 Å². The molecule has 0 atom stereocenters. The molecule has 0 N–H and O–H groups in total. The Kier molecular flexibility index (Phi) is 8.17. The van der Waals surface area contributed by atoms with Crippen LogP contribution < -0.4 is 10.2 Å². The Morgan fingerprint density at radius 2 is 0.875 bits per heavy atom. The minimum Gasteiger partial charge on any atom is -0.872 e. The molecule has 0 fully saturated rings. The Morgan fingerprint density at radius 3 is 1.25 bits per heavy atom. The number of ketones is 1. The van der Waals surface area contributed by atoms with Gasteiger partial charge in [0.05, 0.1) is 11.4 Å². The molecule has 7 rings (SSSR count). The first-order valence-corrected chi connectivity index (χ1v) is 15.9. The molecule has 2 aliphatic heterocycles. The van der Waals surface area contributed by atoms with Gasteiger partial charge in [-0.15, -0.1) is 0 Å². The molecule has 48 heavy (non-hydrogen) atoms. The molecule has 2 heterocycles. The summed E-state index contributed by atoms with van der Waals surface area (Å²) in [5.41, 5.74) is 4.62. The maximum atomic E-state index is 13.9. The number of rotatable bonds is 8. The summed E-state index contributed by atoms with van der Waals surface area (Å²) in [4.78, 5) is 17.3. The van der Waals surface area contributed by atoms with Gasteiger partial charge >= 0.3 is 0 Å². The second-order valence-corrected chi connectivity index (χ2v) is 11.3. The van der Waals surface area contributed by atoms with E-state index in [4.69, 9.17) is 9.47 Å². The van der Waals surface area contributed by atoms with Crippen molar-refractivity contribution in [3.8, 4) is 0 Å². The number of ether oxygens (including phenoxy) is 2. The molecule has 0 saturated heterocycles. The number of hydrogen-bond donors (Lipinski definition) is 0. The number of carbonyl (C=O) groups is 1. The van der Waals surface area contributed by atoms with Crippen molar-refractivity contribution in [1.29, 1.82) is 0 Å². The molecule has 238 valence electrons. The molecule has 0 amide bonds. The highest BCUT2D eigenvalue weighted by Crippen LogP contribution is 2.44. The van der Waals surface area contributed by atoms with Crippen molar-refractivity contribution in [2.24, 2.45) is 0 Å². The summed E-state index contributed by atoms with van der Waals surface area (Å²) in [5.74, 6) is -0.661. The zero-order valence-electron chi connectivity index (χ0n) is 26.6. The molecule has 0 aromatic heterocycles. The molecule has 0 spiro atoms. The Morgan fingerprint density at radius 1 is 0.521 bits per heavy atom. The van der Waals surface area contributed by atoms with Crippen LogP contribution in [-0.2, 0) is 14.3 Å². The van der Waals surface area contributed by atoms with Gasteiger partial charge in [-0.1, -0.05) is 133 Å². The summed E-state index contributed by atoms with van der Waals surface area (Å²) in [6.07, 6.45) is 2.79. The summed E-state index contributed by atoms with van der Waals surface area (Å²) in [5, 5.41) is 27.4. The average molecular weight is 633 g/mol. The fourth-order valence-electron chi connectivity index (χ4n) is 6.17. The smallest absolute Gasteiger partial charge is 0.201 e. The predicted octanol–water partition coefficient (Wildman–Crippen LogP) is 6.24. The first-order valence-electron chi connectivity index (χ1n) is 15.9. The van der Waals surface area contributed by atoms with Crippen LogP contribution in [-0.4, -0.2) is 28.7 Å². The van der Waals surface area contributed by atoms with Gasteiger partial charge in [0, 0.05) is 53.1 Å². The normalized spacial score (nSPS) is 18.2. The Bertz CT molecular complexity index is 2060. The molecular formula is C41H32N2O5-2. The standard InChI is InChI=1S/C41H34N2O5/c1-3-42-33(47-40(29-21-13-7-14-22-29)35(42)27-17-9-5-10-18-27)25-31-37(44)32(39(46)38(31)45)26-34-43(4-2)36(28-19-11-6-12-20-28)41(48-34)30-23-15-8-16-24-30/h5-26,44H,3-4H2,1-2H3,(H,45,46)/p-2/b33-25+,34-26+. The van der Waals surface area contributed by atoms with Gasteiger partial charge in [-0.2, -0.15) is 0 Å². The number of Topliss-reactive ketones (excluding diaryl/α,β-unsaturated/α-hetero) is 1. The highest BCUT2D eigenvalue weighted by atomic mass is 16.5.